The summed E-state index contributed by atoms with van der Waals surface area (Å²) >= 11 is 3.37. The molecule has 1 aromatic carbocycles. The molecule has 15 heavy (non-hydrogen) atoms. The Morgan fingerprint density at radius 3 is 2.80 bits per heavy atom. The first-order chi connectivity index (χ1) is 7.04. The van der Waals surface area contributed by atoms with Crippen molar-refractivity contribution in [2.24, 2.45) is 5.73 Å². The Bertz CT molecular complexity index is 366. The second-order valence-corrected chi connectivity index (χ2v) is 4.45. The molecule has 82 valence electrons. The monoisotopic (exact) mass is 270 g/mol. The fraction of sp³-hybridized carbons (Fsp3) is 0.364. The lowest BCUT2D eigenvalue weighted by Gasteiger charge is -2.12. The van der Waals surface area contributed by atoms with Crippen LogP contribution in [0.2, 0.25) is 0 Å². The van der Waals surface area contributed by atoms with Crippen LogP contribution in [0.4, 0.5) is 0 Å². The number of aryl methyl sites for hydroxylation is 1. The molecule has 0 fully saturated rings. The summed E-state index contributed by atoms with van der Waals surface area (Å²) < 4.78 is 0.809. The maximum Gasteiger partial charge on any atom is 0.252 e. The van der Waals surface area contributed by atoms with Gasteiger partial charge in [-0.2, -0.15) is 0 Å². The molecule has 0 spiro atoms. The molecule has 0 radical (unpaired) electrons. The summed E-state index contributed by atoms with van der Waals surface area (Å²) in [6.45, 7) is 4.30. The van der Waals surface area contributed by atoms with Crippen LogP contribution in [0.15, 0.2) is 22.7 Å². The third-order valence-corrected chi connectivity index (χ3v) is 2.76. The molecule has 1 aromatic rings. The van der Waals surface area contributed by atoms with E-state index in [9.17, 15) is 4.79 Å². The molecule has 0 aromatic heterocycles. The Kier molecular flexibility index (Phi) is 4.29. The van der Waals surface area contributed by atoms with Gasteiger partial charge in [0.15, 0.2) is 0 Å². The number of hydrogen-bond donors (Lipinski definition) is 2. The molecular weight excluding hydrogens is 256 g/mol. The maximum atomic E-state index is 11.7. The minimum atomic E-state index is -0.0974. The molecule has 0 aliphatic carbocycles. The number of benzene rings is 1. The van der Waals surface area contributed by atoms with Crippen LogP contribution in [-0.4, -0.2) is 18.5 Å². The summed E-state index contributed by atoms with van der Waals surface area (Å²) in [7, 11) is 0. The zero-order valence-corrected chi connectivity index (χ0v) is 10.5. The SMILES string of the molecule is Cc1ccc(C(=O)NC(C)CN)c(Br)c1. The predicted molar refractivity (Wildman–Crippen MR) is 64.9 cm³/mol. The normalized spacial score (nSPS) is 12.3. The van der Waals surface area contributed by atoms with E-state index in [1.165, 1.54) is 0 Å². The number of carbonyl (C=O) groups excluding carboxylic acids is 1. The van der Waals surface area contributed by atoms with Crippen LogP contribution in [-0.2, 0) is 0 Å². The third-order valence-electron chi connectivity index (χ3n) is 2.10. The average molecular weight is 271 g/mol. The molecule has 1 amide bonds. The Balaban J connectivity index is 2.82. The van der Waals surface area contributed by atoms with Gasteiger partial charge in [-0.1, -0.05) is 6.07 Å². The van der Waals surface area contributed by atoms with Crippen molar-refractivity contribution in [2.45, 2.75) is 19.9 Å². The van der Waals surface area contributed by atoms with Crippen molar-refractivity contribution in [3.63, 3.8) is 0 Å². The molecule has 0 saturated carbocycles. The van der Waals surface area contributed by atoms with Crippen LogP contribution in [0.3, 0.4) is 0 Å². The van der Waals surface area contributed by atoms with E-state index >= 15 is 0 Å². The van der Waals surface area contributed by atoms with E-state index in [0.29, 0.717) is 12.1 Å². The van der Waals surface area contributed by atoms with Crippen LogP contribution < -0.4 is 11.1 Å². The highest BCUT2D eigenvalue weighted by Crippen LogP contribution is 2.18. The average Bonchev–Trinajstić information content (AvgIpc) is 2.17. The van der Waals surface area contributed by atoms with Gasteiger partial charge in [-0.15, -0.1) is 0 Å². The van der Waals surface area contributed by atoms with Gasteiger partial charge in [-0.05, 0) is 47.5 Å². The van der Waals surface area contributed by atoms with Crippen molar-refractivity contribution in [2.75, 3.05) is 6.54 Å². The first-order valence-corrected chi connectivity index (χ1v) is 5.61. The van der Waals surface area contributed by atoms with Crippen LogP contribution in [0.5, 0.6) is 0 Å². The van der Waals surface area contributed by atoms with Gasteiger partial charge in [0.1, 0.15) is 0 Å². The summed E-state index contributed by atoms with van der Waals surface area (Å²) in [6, 6.07) is 5.62. The van der Waals surface area contributed by atoms with Crippen molar-refractivity contribution in [3.05, 3.63) is 33.8 Å². The quantitative estimate of drug-likeness (QED) is 0.881. The van der Waals surface area contributed by atoms with Crippen LogP contribution >= 0.6 is 15.9 Å². The molecule has 3 N–H and O–H groups in total. The number of nitrogens with two attached hydrogens (primary N) is 1. The molecule has 1 unspecified atom stereocenters. The number of amides is 1. The smallest absolute Gasteiger partial charge is 0.252 e. The highest BCUT2D eigenvalue weighted by atomic mass is 79.9. The van der Waals surface area contributed by atoms with Gasteiger partial charge in [0, 0.05) is 17.1 Å². The molecule has 3 nitrogen and oxygen atoms in total. The number of halogens is 1. The van der Waals surface area contributed by atoms with Crippen LogP contribution in [0, 0.1) is 6.92 Å². The molecule has 0 heterocycles. The molecule has 0 aliphatic heterocycles. The van der Waals surface area contributed by atoms with Crippen molar-refractivity contribution in [1.29, 1.82) is 0 Å². The second-order valence-electron chi connectivity index (χ2n) is 3.59. The van der Waals surface area contributed by atoms with E-state index in [1.54, 1.807) is 6.07 Å². The molecule has 1 rings (SSSR count). The highest BCUT2D eigenvalue weighted by molar-refractivity contribution is 9.10. The minimum Gasteiger partial charge on any atom is -0.348 e. The standard InChI is InChI=1S/C11H15BrN2O/c1-7-3-4-9(10(12)5-7)11(15)14-8(2)6-13/h3-5,8H,6,13H2,1-2H3,(H,14,15). The van der Waals surface area contributed by atoms with E-state index in [1.807, 2.05) is 26.0 Å². The van der Waals surface area contributed by atoms with Gasteiger partial charge in [-0.3, -0.25) is 4.79 Å². The van der Waals surface area contributed by atoms with E-state index in [-0.39, 0.29) is 11.9 Å². The van der Waals surface area contributed by atoms with Gasteiger partial charge >= 0.3 is 0 Å². The molecule has 4 heteroatoms. The summed E-state index contributed by atoms with van der Waals surface area (Å²) in [5, 5.41) is 2.81. The van der Waals surface area contributed by atoms with Gasteiger partial charge in [-0.25, -0.2) is 0 Å². The van der Waals surface area contributed by atoms with Crippen molar-refractivity contribution < 1.29 is 4.79 Å². The maximum absolute atomic E-state index is 11.7. The topological polar surface area (TPSA) is 55.1 Å². The largest absolute Gasteiger partial charge is 0.348 e. The van der Waals surface area contributed by atoms with E-state index in [4.69, 9.17) is 5.73 Å². The number of carbonyl (C=O) groups is 1. The van der Waals surface area contributed by atoms with E-state index in [2.05, 4.69) is 21.2 Å². The van der Waals surface area contributed by atoms with Gasteiger partial charge in [0.25, 0.3) is 5.91 Å². The van der Waals surface area contributed by atoms with Gasteiger partial charge in [0.2, 0.25) is 0 Å². The summed E-state index contributed by atoms with van der Waals surface area (Å²) in [6.07, 6.45) is 0. The first-order valence-electron chi connectivity index (χ1n) is 4.81. The predicted octanol–water partition coefficient (Wildman–Crippen LogP) is 1.83. The lowest BCUT2D eigenvalue weighted by Crippen LogP contribution is -2.37. The zero-order valence-electron chi connectivity index (χ0n) is 8.88. The van der Waals surface area contributed by atoms with Gasteiger partial charge in [0.05, 0.1) is 5.56 Å². The Labute approximate surface area is 98.2 Å². The van der Waals surface area contributed by atoms with Crippen molar-refractivity contribution >= 4 is 21.8 Å². The number of nitrogens with one attached hydrogen (secondary N) is 1. The van der Waals surface area contributed by atoms with Crippen molar-refractivity contribution in [3.8, 4) is 0 Å². The zero-order chi connectivity index (χ0) is 11.4. The molecule has 0 saturated heterocycles. The molecule has 0 bridgehead atoms. The Morgan fingerprint density at radius 2 is 2.27 bits per heavy atom. The van der Waals surface area contributed by atoms with Crippen LogP contribution in [0.1, 0.15) is 22.8 Å². The third kappa shape index (κ3) is 3.32. The molecular formula is C11H15BrN2O. The highest BCUT2D eigenvalue weighted by Gasteiger charge is 2.11. The van der Waals surface area contributed by atoms with Crippen molar-refractivity contribution in [1.82, 2.24) is 5.32 Å². The fourth-order valence-corrected chi connectivity index (χ4v) is 1.84. The summed E-state index contributed by atoms with van der Waals surface area (Å²) in [4.78, 5) is 11.7. The minimum absolute atomic E-state index is 0.00861. The second kappa shape index (κ2) is 5.28. The molecule has 1 atom stereocenters. The fourth-order valence-electron chi connectivity index (χ4n) is 1.16. The number of hydrogen-bond acceptors (Lipinski definition) is 2. The lowest BCUT2D eigenvalue weighted by molar-refractivity contribution is 0.0940. The Hall–Kier alpha value is -0.870. The van der Waals surface area contributed by atoms with E-state index in [0.717, 1.165) is 10.0 Å². The molecule has 0 aliphatic rings. The number of rotatable bonds is 3. The van der Waals surface area contributed by atoms with E-state index < -0.39 is 0 Å². The summed E-state index contributed by atoms with van der Waals surface area (Å²) in [5.41, 5.74) is 7.19. The van der Waals surface area contributed by atoms with Crippen LogP contribution in [0.25, 0.3) is 0 Å². The first kappa shape index (κ1) is 12.2. The van der Waals surface area contributed by atoms with Gasteiger partial charge < -0.3 is 11.1 Å². The summed E-state index contributed by atoms with van der Waals surface area (Å²) in [5.74, 6) is -0.0974. The lowest BCUT2D eigenvalue weighted by atomic mass is 10.1. The Morgan fingerprint density at radius 1 is 1.60 bits per heavy atom.